The van der Waals surface area contributed by atoms with Gasteiger partial charge in [-0.15, -0.1) is 10.2 Å². The highest BCUT2D eigenvalue weighted by molar-refractivity contribution is 5.98. The number of aromatic hydroxyl groups is 1. The molecule has 0 bridgehead atoms. The predicted octanol–water partition coefficient (Wildman–Crippen LogP) is 4.37. The molecule has 0 saturated heterocycles. The zero-order valence-corrected chi connectivity index (χ0v) is 14.6. The maximum atomic E-state index is 12.6. The van der Waals surface area contributed by atoms with Crippen molar-refractivity contribution in [1.82, 2.24) is 14.4 Å². The molecular formula is C19H17N5O2. The fourth-order valence-electron chi connectivity index (χ4n) is 3.24. The van der Waals surface area contributed by atoms with Crippen LogP contribution in [0.1, 0.15) is 27.3 Å². The van der Waals surface area contributed by atoms with Crippen LogP contribution in [0, 0.1) is 20.8 Å². The number of pyridine rings is 1. The Balaban J connectivity index is 1.79. The quantitative estimate of drug-likeness (QED) is 0.527. The fourth-order valence-corrected chi connectivity index (χ4v) is 3.24. The van der Waals surface area contributed by atoms with Crippen molar-refractivity contribution in [3.8, 4) is 5.88 Å². The summed E-state index contributed by atoms with van der Waals surface area (Å²) >= 11 is 0. The summed E-state index contributed by atoms with van der Waals surface area (Å²) in [5.74, 6) is -0.626. The summed E-state index contributed by atoms with van der Waals surface area (Å²) in [4.78, 5) is 19.9. The molecule has 4 rings (SSSR count). The number of aryl methyl sites for hydroxylation is 3. The highest BCUT2D eigenvalue weighted by Gasteiger charge is 2.17. The lowest BCUT2D eigenvalue weighted by molar-refractivity contribution is 0.0989. The molecule has 2 N–H and O–H groups in total. The van der Waals surface area contributed by atoms with Gasteiger partial charge in [-0.2, -0.15) is 0 Å². The third kappa shape index (κ3) is 2.45. The maximum Gasteiger partial charge on any atom is 0.314 e. The minimum Gasteiger partial charge on any atom is -0.493 e. The molecule has 0 atom stereocenters. The summed E-state index contributed by atoms with van der Waals surface area (Å²) in [6.07, 6.45) is 1.76. The van der Waals surface area contributed by atoms with Crippen molar-refractivity contribution in [1.29, 1.82) is 0 Å². The number of hydrogen-bond acceptors (Lipinski definition) is 4. The van der Waals surface area contributed by atoms with Crippen LogP contribution < -0.4 is 0 Å². The number of nitrogens with zero attached hydrogens (tertiary/aromatic N) is 4. The second-order valence-corrected chi connectivity index (χ2v) is 6.31. The molecule has 0 aliphatic carbocycles. The molecule has 7 nitrogen and oxygen atoms in total. The number of fused-ring (bicyclic) bond motifs is 2. The van der Waals surface area contributed by atoms with Crippen molar-refractivity contribution < 1.29 is 9.90 Å². The Bertz CT molecular complexity index is 1200. The topological polar surface area (TPSA) is 95.1 Å². The predicted molar refractivity (Wildman–Crippen MR) is 98.2 cm³/mol. The SMILES string of the molecule is Cc1cc(C)c2[nH]c(O)c(N=NC(=O)c3c(C)nc4ccccn34)c2c1. The highest BCUT2D eigenvalue weighted by atomic mass is 16.3. The Morgan fingerprint density at radius 1 is 1.23 bits per heavy atom. The van der Waals surface area contributed by atoms with E-state index in [1.54, 1.807) is 17.5 Å². The Morgan fingerprint density at radius 3 is 2.85 bits per heavy atom. The third-order valence-electron chi connectivity index (χ3n) is 4.35. The largest absolute Gasteiger partial charge is 0.493 e. The molecule has 0 fully saturated rings. The monoisotopic (exact) mass is 347 g/mol. The van der Waals surface area contributed by atoms with Gasteiger partial charge in [0.2, 0.25) is 5.88 Å². The van der Waals surface area contributed by atoms with Gasteiger partial charge in [0.15, 0.2) is 5.69 Å². The van der Waals surface area contributed by atoms with Crippen molar-refractivity contribution in [2.45, 2.75) is 20.8 Å². The highest BCUT2D eigenvalue weighted by Crippen LogP contribution is 2.37. The Hall–Kier alpha value is -3.48. The standard InChI is InChI=1S/C19H17N5O2/c1-10-8-11(2)15-13(9-10)16(18(25)21-15)22-23-19(26)17-12(3)20-14-6-4-5-7-24(14)17/h4-9,21,25H,1-3H3. The smallest absolute Gasteiger partial charge is 0.314 e. The fraction of sp³-hybridized carbons (Fsp3) is 0.158. The van der Waals surface area contributed by atoms with Crippen molar-refractivity contribution in [3.05, 3.63) is 59.0 Å². The van der Waals surface area contributed by atoms with E-state index in [1.807, 2.05) is 44.2 Å². The lowest BCUT2D eigenvalue weighted by Crippen LogP contribution is -2.01. The summed E-state index contributed by atoms with van der Waals surface area (Å²) in [5.41, 5.74) is 4.66. The molecule has 130 valence electrons. The molecule has 0 radical (unpaired) electrons. The molecule has 0 unspecified atom stereocenters. The van der Waals surface area contributed by atoms with Crippen LogP contribution in [0.15, 0.2) is 46.8 Å². The number of benzene rings is 1. The van der Waals surface area contributed by atoms with Gasteiger partial charge in [-0.05, 0) is 44.5 Å². The number of hydrogen-bond donors (Lipinski definition) is 2. The average Bonchev–Trinajstić information content (AvgIpc) is 3.09. The summed E-state index contributed by atoms with van der Waals surface area (Å²) < 4.78 is 1.68. The van der Waals surface area contributed by atoms with Gasteiger partial charge in [0.05, 0.1) is 11.2 Å². The number of aromatic amines is 1. The van der Waals surface area contributed by atoms with E-state index in [9.17, 15) is 9.90 Å². The van der Waals surface area contributed by atoms with Gasteiger partial charge in [0, 0.05) is 11.6 Å². The van der Waals surface area contributed by atoms with Gasteiger partial charge in [-0.25, -0.2) is 4.98 Å². The van der Waals surface area contributed by atoms with Crippen molar-refractivity contribution >= 4 is 28.1 Å². The number of nitrogens with one attached hydrogen (secondary N) is 1. The van der Waals surface area contributed by atoms with Gasteiger partial charge in [0.1, 0.15) is 11.3 Å². The van der Waals surface area contributed by atoms with E-state index in [4.69, 9.17) is 0 Å². The number of carbonyl (C=O) groups excluding carboxylic acids is 1. The van der Waals surface area contributed by atoms with Gasteiger partial charge in [0.25, 0.3) is 0 Å². The van der Waals surface area contributed by atoms with Crippen molar-refractivity contribution in [2.24, 2.45) is 10.2 Å². The Labute approximate surface area is 149 Å². The molecule has 0 saturated carbocycles. The van der Waals surface area contributed by atoms with Crippen LogP contribution in [-0.2, 0) is 0 Å². The zero-order chi connectivity index (χ0) is 18.4. The summed E-state index contributed by atoms with van der Waals surface area (Å²) in [6.45, 7) is 5.66. The van der Waals surface area contributed by atoms with Gasteiger partial charge in [-0.1, -0.05) is 17.7 Å². The minimum atomic E-state index is -0.515. The van der Waals surface area contributed by atoms with Gasteiger partial charge >= 0.3 is 5.91 Å². The molecule has 0 aliphatic heterocycles. The molecular weight excluding hydrogens is 330 g/mol. The molecule has 0 spiro atoms. The van der Waals surface area contributed by atoms with Crippen LogP contribution in [0.25, 0.3) is 16.6 Å². The number of rotatable bonds is 2. The lowest BCUT2D eigenvalue weighted by Gasteiger charge is -1.99. The second-order valence-electron chi connectivity index (χ2n) is 6.31. The van der Waals surface area contributed by atoms with Crippen molar-refractivity contribution in [2.75, 3.05) is 0 Å². The first-order valence-corrected chi connectivity index (χ1v) is 8.17. The number of carbonyl (C=O) groups is 1. The average molecular weight is 347 g/mol. The number of amides is 1. The zero-order valence-electron chi connectivity index (χ0n) is 14.6. The number of azo groups is 1. The first kappa shape index (κ1) is 16.0. The number of aromatic nitrogens is 3. The van der Waals surface area contributed by atoms with E-state index in [0.717, 1.165) is 22.0 Å². The van der Waals surface area contributed by atoms with Crippen LogP contribution in [0.5, 0.6) is 5.88 Å². The minimum absolute atomic E-state index is 0.111. The summed E-state index contributed by atoms with van der Waals surface area (Å²) in [7, 11) is 0. The van der Waals surface area contributed by atoms with E-state index in [2.05, 4.69) is 20.2 Å². The third-order valence-corrected chi connectivity index (χ3v) is 4.35. The molecule has 26 heavy (non-hydrogen) atoms. The molecule has 3 heterocycles. The Morgan fingerprint density at radius 2 is 2.04 bits per heavy atom. The molecule has 3 aromatic heterocycles. The van der Waals surface area contributed by atoms with Crippen LogP contribution in [-0.4, -0.2) is 25.4 Å². The van der Waals surface area contributed by atoms with Gasteiger partial charge < -0.3 is 10.1 Å². The van der Waals surface area contributed by atoms with E-state index >= 15 is 0 Å². The van der Waals surface area contributed by atoms with Crippen LogP contribution in [0.2, 0.25) is 0 Å². The lowest BCUT2D eigenvalue weighted by atomic mass is 10.1. The van der Waals surface area contributed by atoms with Crippen molar-refractivity contribution in [3.63, 3.8) is 0 Å². The molecule has 4 aromatic rings. The first-order chi connectivity index (χ1) is 12.5. The number of H-pyrrole nitrogens is 1. The summed E-state index contributed by atoms with van der Waals surface area (Å²) in [5, 5.41) is 18.8. The molecule has 0 aliphatic rings. The first-order valence-electron chi connectivity index (χ1n) is 8.17. The maximum absolute atomic E-state index is 12.6. The second kappa shape index (κ2) is 5.80. The molecule has 1 amide bonds. The Kier molecular flexibility index (Phi) is 3.57. The van der Waals surface area contributed by atoms with Crippen LogP contribution >= 0.6 is 0 Å². The normalized spacial score (nSPS) is 11.8. The molecule has 1 aromatic carbocycles. The van der Waals surface area contributed by atoms with E-state index in [0.29, 0.717) is 17.0 Å². The summed E-state index contributed by atoms with van der Waals surface area (Å²) in [6, 6.07) is 9.40. The number of imidazole rings is 1. The van der Waals surface area contributed by atoms with E-state index in [1.165, 1.54) is 0 Å². The van der Waals surface area contributed by atoms with E-state index < -0.39 is 5.91 Å². The van der Waals surface area contributed by atoms with Crippen LogP contribution in [0.3, 0.4) is 0 Å². The van der Waals surface area contributed by atoms with Gasteiger partial charge in [-0.3, -0.25) is 9.20 Å². The van der Waals surface area contributed by atoms with Crippen LogP contribution in [0.4, 0.5) is 5.69 Å². The molecule has 7 heteroatoms. The van der Waals surface area contributed by atoms with E-state index in [-0.39, 0.29) is 11.6 Å².